The third-order valence-corrected chi connectivity index (χ3v) is 4.32. The fraction of sp³-hybridized carbons (Fsp3) is 0.400. The van der Waals surface area contributed by atoms with Crippen molar-refractivity contribution >= 4 is 11.6 Å². The van der Waals surface area contributed by atoms with Gasteiger partial charge in [0, 0.05) is 5.02 Å². The van der Waals surface area contributed by atoms with Gasteiger partial charge in [-0.25, -0.2) is 8.78 Å². The lowest BCUT2D eigenvalue weighted by Gasteiger charge is -2.17. The molecule has 0 fully saturated rings. The average Bonchev–Trinajstić information content (AvgIpc) is 2.48. The van der Waals surface area contributed by atoms with Crippen LogP contribution in [0.1, 0.15) is 37.5 Å². The molecule has 2 aromatic carbocycles. The number of aromatic hydroxyl groups is 2. The van der Waals surface area contributed by atoms with E-state index in [4.69, 9.17) is 11.6 Å². The topological polar surface area (TPSA) is 40.5 Å². The van der Waals surface area contributed by atoms with Crippen molar-refractivity contribution in [2.75, 3.05) is 0 Å². The van der Waals surface area contributed by atoms with Gasteiger partial charge in [-0.1, -0.05) is 32.4 Å². The smallest absolute Gasteiger partial charge is 0.166 e. The molecule has 0 aromatic heterocycles. The summed E-state index contributed by atoms with van der Waals surface area (Å²) in [5.41, 5.74) is 1.51. The quantitative estimate of drug-likeness (QED) is 0.691. The Bertz CT molecular complexity index is 760. The molecule has 2 N–H and O–H groups in total. The van der Waals surface area contributed by atoms with Gasteiger partial charge in [0.15, 0.2) is 11.6 Å². The molecule has 2 rings (SSSR count). The van der Waals surface area contributed by atoms with Crippen molar-refractivity contribution in [2.45, 2.75) is 40.0 Å². The van der Waals surface area contributed by atoms with Crippen LogP contribution in [0.25, 0.3) is 0 Å². The summed E-state index contributed by atoms with van der Waals surface area (Å²) < 4.78 is 27.5. The minimum absolute atomic E-state index is 0.0524. The van der Waals surface area contributed by atoms with E-state index in [0.717, 1.165) is 6.07 Å². The first-order chi connectivity index (χ1) is 11.7. The molecule has 136 valence electrons. The lowest BCUT2D eigenvalue weighted by molar-refractivity contribution is 0.417. The SMILES string of the molecule is CC(C)Cc1cc(F)cc(CC(C)Cc2cc(Cl)cc(F)c2O)c1O. The molecular formula is C20H23ClF2O2. The van der Waals surface area contributed by atoms with E-state index in [9.17, 15) is 19.0 Å². The van der Waals surface area contributed by atoms with E-state index in [1.807, 2.05) is 20.8 Å². The highest BCUT2D eigenvalue weighted by atomic mass is 35.5. The van der Waals surface area contributed by atoms with Crippen LogP contribution in [0.5, 0.6) is 11.5 Å². The van der Waals surface area contributed by atoms with Gasteiger partial charge in [-0.3, -0.25) is 0 Å². The van der Waals surface area contributed by atoms with Crippen molar-refractivity contribution in [3.05, 3.63) is 57.6 Å². The molecule has 0 amide bonds. The van der Waals surface area contributed by atoms with E-state index < -0.39 is 11.6 Å². The number of phenolic OH excluding ortho intramolecular Hbond substituents is 2. The van der Waals surface area contributed by atoms with Crippen LogP contribution in [0, 0.1) is 23.5 Å². The maximum Gasteiger partial charge on any atom is 0.166 e. The largest absolute Gasteiger partial charge is 0.507 e. The highest BCUT2D eigenvalue weighted by Gasteiger charge is 2.17. The Balaban J connectivity index is 2.21. The Morgan fingerprint density at radius 2 is 1.36 bits per heavy atom. The minimum Gasteiger partial charge on any atom is -0.507 e. The van der Waals surface area contributed by atoms with Crippen LogP contribution < -0.4 is 0 Å². The fourth-order valence-corrected chi connectivity index (χ4v) is 3.29. The Labute approximate surface area is 152 Å². The van der Waals surface area contributed by atoms with E-state index in [2.05, 4.69) is 0 Å². The van der Waals surface area contributed by atoms with E-state index in [0.29, 0.717) is 41.9 Å². The van der Waals surface area contributed by atoms with Crippen LogP contribution in [0.2, 0.25) is 5.02 Å². The molecule has 5 heteroatoms. The van der Waals surface area contributed by atoms with E-state index >= 15 is 0 Å². The second kappa shape index (κ2) is 8.05. The molecular weight excluding hydrogens is 346 g/mol. The van der Waals surface area contributed by atoms with Crippen molar-refractivity contribution in [1.29, 1.82) is 0 Å². The summed E-state index contributed by atoms with van der Waals surface area (Å²) in [5, 5.41) is 20.5. The molecule has 2 aromatic rings. The molecule has 25 heavy (non-hydrogen) atoms. The van der Waals surface area contributed by atoms with Crippen LogP contribution in [0.4, 0.5) is 8.78 Å². The lowest BCUT2D eigenvalue weighted by Crippen LogP contribution is -2.07. The van der Waals surface area contributed by atoms with Crippen LogP contribution in [-0.4, -0.2) is 10.2 Å². The highest BCUT2D eigenvalue weighted by molar-refractivity contribution is 6.30. The Morgan fingerprint density at radius 1 is 0.840 bits per heavy atom. The zero-order chi connectivity index (χ0) is 18.7. The third kappa shape index (κ3) is 5.08. The van der Waals surface area contributed by atoms with Crippen molar-refractivity contribution in [2.24, 2.45) is 11.8 Å². The number of halogens is 3. The molecule has 0 saturated heterocycles. The first-order valence-electron chi connectivity index (χ1n) is 8.34. The summed E-state index contributed by atoms with van der Waals surface area (Å²) in [4.78, 5) is 0. The Kier molecular flexibility index (Phi) is 6.28. The number of phenols is 2. The maximum absolute atomic E-state index is 13.9. The van der Waals surface area contributed by atoms with Gasteiger partial charge >= 0.3 is 0 Å². The molecule has 0 saturated carbocycles. The molecule has 0 radical (unpaired) electrons. The first-order valence-corrected chi connectivity index (χ1v) is 8.72. The second-order valence-electron chi connectivity index (χ2n) is 7.08. The number of hydrogen-bond acceptors (Lipinski definition) is 2. The van der Waals surface area contributed by atoms with Crippen LogP contribution in [-0.2, 0) is 19.3 Å². The Morgan fingerprint density at radius 3 is 1.92 bits per heavy atom. The predicted octanol–water partition coefficient (Wildman–Crippen LogP) is 5.65. The van der Waals surface area contributed by atoms with Gasteiger partial charge in [0.05, 0.1) is 0 Å². The molecule has 1 atom stereocenters. The van der Waals surface area contributed by atoms with Crippen molar-refractivity contribution < 1.29 is 19.0 Å². The normalized spacial score (nSPS) is 12.6. The van der Waals surface area contributed by atoms with E-state index in [-0.39, 0.29) is 22.5 Å². The highest BCUT2D eigenvalue weighted by Crippen LogP contribution is 2.32. The molecule has 0 spiro atoms. The first kappa shape index (κ1) is 19.5. The lowest BCUT2D eigenvalue weighted by atomic mass is 9.91. The average molecular weight is 369 g/mol. The van der Waals surface area contributed by atoms with Crippen LogP contribution in [0.15, 0.2) is 24.3 Å². The zero-order valence-electron chi connectivity index (χ0n) is 14.6. The molecule has 0 heterocycles. The Hall–Kier alpha value is -1.81. The summed E-state index contributed by atoms with van der Waals surface area (Å²) in [6.07, 6.45) is 1.35. The van der Waals surface area contributed by atoms with Crippen molar-refractivity contribution in [3.63, 3.8) is 0 Å². The van der Waals surface area contributed by atoms with E-state index in [1.54, 1.807) is 0 Å². The van der Waals surface area contributed by atoms with Crippen LogP contribution in [0.3, 0.4) is 0 Å². The molecule has 0 aliphatic heterocycles. The summed E-state index contributed by atoms with van der Waals surface area (Å²) >= 11 is 5.84. The third-order valence-electron chi connectivity index (χ3n) is 4.10. The molecule has 0 aliphatic rings. The summed E-state index contributed by atoms with van der Waals surface area (Å²) in [6, 6.07) is 5.27. The van der Waals surface area contributed by atoms with E-state index in [1.165, 1.54) is 18.2 Å². The van der Waals surface area contributed by atoms with Crippen molar-refractivity contribution in [3.8, 4) is 11.5 Å². The second-order valence-corrected chi connectivity index (χ2v) is 7.52. The maximum atomic E-state index is 13.9. The summed E-state index contributed by atoms with van der Waals surface area (Å²) in [6.45, 7) is 5.90. The van der Waals surface area contributed by atoms with Gasteiger partial charge in [-0.2, -0.15) is 0 Å². The van der Waals surface area contributed by atoms with Gasteiger partial charge in [0.1, 0.15) is 11.6 Å². The molecule has 0 bridgehead atoms. The van der Waals surface area contributed by atoms with Crippen molar-refractivity contribution in [1.82, 2.24) is 0 Å². The minimum atomic E-state index is -0.762. The zero-order valence-corrected chi connectivity index (χ0v) is 15.4. The number of rotatable bonds is 6. The molecule has 1 unspecified atom stereocenters. The molecule has 2 nitrogen and oxygen atoms in total. The van der Waals surface area contributed by atoms with Crippen LogP contribution >= 0.6 is 11.6 Å². The predicted molar refractivity (Wildman–Crippen MR) is 96.3 cm³/mol. The van der Waals surface area contributed by atoms with Gasteiger partial charge in [0.25, 0.3) is 0 Å². The summed E-state index contributed by atoms with van der Waals surface area (Å²) in [5.74, 6) is -1.20. The summed E-state index contributed by atoms with van der Waals surface area (Å²) in [7, 11) is 0. The van der Waals surface area contributed by atoms with Gasteiger partial charge in [0.2, 0.25) is 0 Å². The van der Waals surface area contributed by atoms with Gasteiger partial charge in [-0.15, -0.1) is 0 Å². The van der Waals surface area contributed by atoms with Gasteiger partial charge in [-0.05, 0) is 72.1 Å². The number of hydrogen-bond donors (Lipinski definition) is 2. The standard InChI is InChI=1S/C20H23ClF2O2/c1-11(2)4-13-8-17(22)9-15(19(13)24)6-12(3)5-14-7-16(21)10-18(23)20(14)25/h7-12,24-25H,4-6H2,1-3H3. The van der Waals surface area contributed by atoms with Gasteiger partial charge < -0.3 is 10.2 Å². The fourth-order valence-electron chi connectivity index (χ4n) is 3.07. The monoisotopic (exact) mass is 368 g/mol. The molecule has 0 aliphatic carbocycles. The number of benzene rings is 2.